The van der Waals surface area contributed by atoms with Gasteiger partial charge in [-0.1, -0.05) is 0 Å². The van der Waals surface area contributed by atoms with E-state index in [0.717, 1.165) is 0 Å². The summed E-state index contributed by atoms with van der Waals surface area (Å²) in [6.07, 6.45) is -19.8. The van der Waals surface area contributed by atoms with Gasteiger partial charge in [-0.2, -0.15) is 83.4 Å². The zero-order valence-electron chi connectivity index (χ0n) is 13.5. The van der Waals surface area contributed by atoms with Crippen LogP contribution in [0.2, 0.25) is 0 Å². The van der Waals surface area contributed by atoms with Crippen LogP contribution in [0, 0.1) is 0 Å². The lowest BCUT2D eigenvalue weighted by Gasteiger charge is -2.43. The van der Waals surface area contributed by atoms with Gasteiger partial charge in [0, 0.05) is 12.8 Å². The lowest BCUT2D eigenvalue weighted by Crippen LogP contribution is -2.74. The van der Waals surface area contributed by atoms with E-state index in [1.807, 2.05) is 0 Å². The molecule has 1 nitrogen and oxygen atoms in total. The molecule has 0 radical (unpaired) electrons. The first kappa shape index (κ1) is 29.6. The lowest BCUT2D eigenvalue weighted by atomic mass is 9.88. The summed E-state index contributed by atoms with van der Waals surface area (Å²) in [6, 6.07) is 0. The Kier molecular flexibility index (Phi) is 7.00. The molecule has 0 saturated heterocycles. The molecule has 188 valence electrons. The van der Waals surface area contributed by atoms with E-state index >= 15 is 0 Å². The van der Waals surface area contributed by atoms with E-state index in [1.54, 1.807) is 0 Å². The van der Waals surface area contributed by atoms with Crippen LogP contribution in [0.15, 0.2) is 0 Å². The minimum Gasteiger partial charge on any atom is -0.331 e. The molecule has 0 aromatic heterocycles. The second kappa shape index (κ2) is 7.32. The summed E-state index contributed by atoms with van der Waals surface area (Å²) in [5.41, 5.74) is 0. The molecule has 0 aliphatic rings. The summed E-state index contributed by atoms with van der Waals surface area (Å²) < 4.78 is 242. The fourth-order valence-corrected chi connectivity index (χ4v) is 1.66. The van der Waals surface area contributed by atoms with E-state index in [-0.39, 0.29) is 0 Å². The van der Waals surface area contributed by atoms with Gasteiger partial charge in [-0.3, -0.25) is 0 Å². The third-order valence-electron chi connectivity index (χ3n) is 3.53. The van der Waals surface area contributed by atoms with Gasteiger partial charge in [-0.15, -0.1) is 0 Å². The van der Waals surface area contributed by atoms with Gasteiger partial charge in [0.25, 0.3) is 0 Å². The number of alkyl halides is 19. The van der Waals surface area contributed by atoms with E-state index in [2.05, 4.69) is 0 Å². The van der Waals surface area contributed by atoms with Crippen molar-refractivity contribution >= 4 is 0 Å². The van der Waals surface area contributed by atoms with Gasteiger partial charge in [-0.25, -0.2) is 0 Å². The van der Waals surface area contributed by atoms with Gasteiger partial charge < -0.3 is 5.11 Å². The van der Waals surface area contributed by atoms with Crippen molar-refractivity contribution in [3.63, 3.8) is 0 Å². The number of halogens is 19. The first-order chi connectivity index (χ1) is 13.0. The zero-order valence-corrected chi connectivity index (χ0v) is 13.5. The van der Waals surface area contributed by atoms with Gasteiger partial charge in [0.15, 0.2) is 0 Å². The van der Waals surface area contributed by atoms with Gasteiger partial charge in [0.1, 0.15) is 0 Å². The molecular weight excluding hydrogens is 509 g/mol. The van der Waals surface area contributed by atoms with E-state index in [1.165, 1.54) is 0 Å². The Balaban J connectivity index is 6.56. The van der Waals surface area contributed by atoms with Gasteiger partial charge in [0.05, 0.1) is 0 Å². The molecule has 0 aromatic carbocycles. The molecule has 0 amide bonds. The summed E-state index contributed by atoms with van der Waals surface area (Å²) >= 11 is 0. The topological polar surface area (TPSA) is 20.2 Å². The smallest absolute Gasteiger partial charge is 0.331 e. The maximum atomic E-state index is 13.2. The molecular formula is C11H5F19O. The van der Waals surface area contributed by atoms with Crippen molar-refractivity contribution in [2.45, 2.75) is 66.6 Å². The van der Waals surface area contributed by atoms with E-state index in [4.69, 9.17) is 5.11 Å². The third kappa shape index (κ3) is 4.31. The summed E-state index contributed by atoms with van der Waals surface area (Å²) in [4.78, 5) is 0. The van der Waals surface area contributed by atoms with Crippen LogP contribution in [0.1, 0.15) is 12.8 Å². The van der Waals surface area contributed by atoms with E-state index in [0.29, 0.717) is 0 Å². The number of hydrogen-bond donors (Lipinski definition) is 1. The second-order valence-electron chi connectivity index (χ2n) is 5.81. The molecule has 0 atom stereocenters. The average Bonchev–Trinajstić information content (AvgIpc) is 2.50. The molecule has 0 fully saturated rings. The largest absolute Gasteiger partial charge is 0.423 e. The van der Waals surface area contributed by atoms with Crippen LogP contribution in [-0.2, 0) is 0 Å². The van der Waals surface area contributed by atoms with E-state index in [9.17, 15) is 83.4 Å². The Morgan fingerprint density at radius 3 is 0.871 bits per heavy atom. The highest BCUT2D eigenvalue weighted by molar-refractivity contribution is 5.15. The summed E-state index contributed by atoms with van der Waals surface area (Å²) in [7, 11) is 0. The average molecular weight is 514 g/mol. The highest BCUT2D eigenvalue weighted by Crippen LogP contribution is 2.64. The minimum atomic E-state index is -8.73. The van der Waals surface area contributed by atoms with Crippen LogP contribution >= 0.6 is 0 Å². The van der Waals surface area contributed by atoms with Crippen LogP contribution in [0.4, 0.5) is 83.4 Å². The molecule has 31 heavy (non-hydrogen) atoms. The van der Waals surface area contributed by atoms with Crippen LogP contribution in [0.3, 0.4) is 0 Å². The minimum absolute atomic E-state index is 3.13. The molecule has 0 rings (SSSR count). The van der Waals surface area contributed by atoms with Crippen LogP contribution < -0.4 is 0 Å². The molecule has 0 heterocycles. The zero-order chi connectivity index (χ0) is 25.9. The second-order valence-corrected chi connectivity index (χ2v) is 5.81. The Morgan fingerprint density at radius 1 is 0.355 bits per heavy atom. The maximum absolute atomic E-state index is 13.2. The molecule has 0 aliphatic heterocycles. The quantitative estimate of drug-likeness (QED) is 0.356. The Labute approximate surface area is 156 Å². The van der Waals surface area contributed by atoms with E-state index < -0.39 is 66.6 Å². The number of aliphatic hydroxyl groups is 1. The highest BCUT2D eigenvalue weighted by Gasteiger charge is 2.94. The predicted octanol–water partition coefficient (Wildman–Crippen LogP) is 6.36. The van der Waals surface area contributed by atoms with Crippen molar-refractivity contribution in [2.75, 3.05) is 0 Å². The Bertz CT molecular complexity index is 638. The molecule has 0 bridgehead atoms. The standard InChI is InChI=1S/C11H5F19O/c12-3(13,1-2-4(14,15)16)5(17,18)6(19,20)7(21,22)8(23,24)9(25,26)10(27,28)11(29,30)31/h31H,1-2H2. The van der Waals surface area contributed by atoms with Crippen molar-refractivity contribution in [1.82, 2.24) is 0 Å². The Morgan fingerprint density at radius 2 is 0.613 bits per heavy atom. The normalized spacial score (nSPS) is 16.6. The van der Waals surface area contributed by atoms with Gasteiger partial charge >= 0.3 is 53.7 Å². The molecule has 0 unspecified atom stereocenters. The lowest BCUT2D eigenvalue weighted by molar-refractivity contribution is -0.469. The van der Waals surface area contributed by atoms with Crippen molar-refractivity contribution in [3.05, 3.63) is 0 Å². The molecule has 0 aromatic rings. The first-order valence-electron chi connectivity index (χ1n) is 6.77. The number of hydrogen-bond acceptors (Lipinski definition) is 1. The molecule has 1 N–H and O–H groups in total. The maximum Gasteiger partial charge on any atom is 0.423 e. The van der Waals surface area contributed by atoms with Crippen molar-refractivity contribution in [1.29, 1.82) is 0 Å². The summed E-state index contributed by atoms with van der Waals surface area (Å²) in [6.45, 7) is 0. The highest BCUT2D eigenvalue weighted by atomic mass is 19.4. The molecule has 0 aliphatic carbocycles. The first-order valence-corrected chi connectivity index (χ1v) is 6.77. The Hall–Kier alpha value is -1.37. The predicted molar refractivity (Wildman–Crippen MR) is 57.1 cm³/mol. The molecule has 0 spiro atoms. The van der Waals surface area contributed by atoms with Crippen LogP contribution in [0.25, 0.3) is 0 Å². The van der Waals surface area contributed by atoms with Crippen LogP contribution in [0.5, 0.6) is 0 Å². The SMILES string of the molecule is OC(F)(F)C(F)(F)C(F)(F)C(F)(F)C(F)(F)C(F)(F)C(F)(F)C(F)(F)CCC(F)(F)F. The number of rotatable bonds is 9. The van der Waals surface area contributed by atoms with Crippen molar-refractivity contribution in [3.8, 4) is 0 Å². The molecule has 0 saturated carbocycles. The molecule has 20 heteroatoms. The van der Waals surface area contributed by atoms with Gasteiger partial charge in [-0.05, 0) is 0 Å². The monoisotopic (exact) mass is 514 g/mol. The van der Waals surface area contributed by atoms with Crippen molar-refractivity contribution in [2.24, 2.45) is 0 Å². The van der Waals surface area contributed by atoms with Crippen LogP contribution in [-0.4, -0.2) is 58.8 Å². The summed E-state index contributed by atoms with van der Waals surface area (Å²) in [5.74, 6) is -57.6. The fraction of sp³-hybridized carbons (Fsp3) is 1.00. The fourth-order valence-electron chi connectivity index (χ4n) is 1.66. The third-order valence-corrected chi connectivity index (χ3v) is 3.53. The summed E-state index contributed by atoms with van der Waals surface area (Å²) in [5, 5.41) is 7.44. The van der Waals surface area contributed by atoms with Gasteiger partial charge in [0.2, 0.25) is 0 Å². The van der Waals surface area contributed by atoms with Crippen molar-refractivity contribution < 1.29 is 88.5 Å².